The first-order chi connectivity index (χ1) is 9.51. The summed E-state index contributed by atoms with van der Waals surface area (Å²) in [6.45, 7) is 12.9. The van der Waals surface area contributed by atoms with Gasteiger partial charge in [0.2, 0.25) is 12.6 Å². The molecule has 0 aliphatic rings. The topological polar surface area (TPSA) is 89.5 Å². The van der Waals surface area contributed by atoms with Crippen molar-refractivity contribution in [2.24, 2.45) is 0 Å². The first-order valence-corrected chi connectivity index (χ1v) is 6.26. The molecule has 0 saturated carbocycles. The lowest BCUT2D eigenvalue weighted by Crippen LogP contribution is -2.27. The van der Waals surface area contributed by atoms with Crippen LogP contribution >= 0.6 is 0 Å². The number of hydrogen-bond donors (Lipinski definition) is 0. The fourth-order valence-electron chi connectivity index (χ4n) is 0.879. The van der Waals surface area contributed by atoms with Gasteiger partial charge >= 0.3 is 12.1 Å². The van der Waals surface area contributed by atoms with Crippen molar-refractivity contribution in [2.75, 3.05) is 0 Å². The quantitative estimate of drug-likeness (QED) is 0.233. The van der Waals surface area contributed by atoms with E-state index in [1.54, 1.807) is 20.8 Å². The Morgan fingerprint density at radius 2 is 1.57 bits per heavy atom. The second-order valence-corrected chi connectivity index (χ2v) is 5.17. The molecule has 8 heteroatoms. The monoisotopic (exact) mass is 306 g/mol. The van der Waals surface area contributed by atoms with E-state index in [1.165, 1.54) is 20.8 Å². The van der Waals surface area contributed by atoms with Crippen LogP contribution in [0.4, 0.5) is 4.79 Å². The van der Waals surface area contributed by atoms with Gasteiger partial charge in [-0.2, -0.15) is 4.89 Å². The number of hydrogen-bond acceptors (Lipinski definition) is 8. The molecule has 0 spiro atoms. The van der Waals surface area contributed by atoms with Crippen LogP contribution in [0.2, 0.25) is 0 Å². The number of rotatable bonds is 7. The van der Waals surface area contributed by atoms with Gasteiger partial charge in [-0.1, -0.05) is 6.58 Å². The molecule has 0 aliphatic heterocycles. The van der Waals surface area contributed by atoms with Crippen LogP contribution in [0.15, 0.2) is 12.2 Å². The minimum Gasteiger partial charge on any atom is -0.433 e. The molecule has 21 heavy (non-hydrogen) atoms. The first-order valence-electron chi connectivity index (χ1n) is 6.26. The van der Waals surface area contributed by atoms with Gasteiger partial charge in [-0.25, -0.2) is 14.5 Å². The molecule has 0 heterocycles. The largest absolute Gasteiger partial charge is 0.544 e. The molecule has 0 fully saturated rings. The van der Waals surface area contributed by atoms with Crippen molar-refractivity contribution in [2.45, 2.75) is 59.7 Å². The summed E-state index contributed by atoms with van der Waals surface area (Å²) < 4.78 is 14.6. The number of carbonyl (C=O) groups is 2. The Labute approximate surface area is 123 Å². The highest BCUT2D eigenvalue weighted by atomic mass is 17.5. The molecule has 0 saturated heterocycles. The van der Waals surface area contributed by atoms with E-state index in [4.69, 9.17) is 14.4 Å². The second kappa shape index (κ2) is 8.60. The van der Waals surface area contributed by atoms with Crippen molar-refractivity contribution in [3.05, 3.63) is 12.2 Å². The minimum absolute atomic E-state index is 0.228. The van der Waals surface area contributed by atoms with Gasteiger partial charge in [0.05, 0.1) is 5.60 Å². The predicted molar refractivity (Wildman–Crippen MR) is 70.4 cm³/mol. The third-order valence-corrected chi connectivity index (χ3v) is 1.65. The number of carbonyl (C=O) groups excluding carboxylic acids is 2. The lowest BCUT2D eigenvalue weighted by atomic mass is 10.2. The zero-order valence-corrected chi connectivity index (χ0v) is 13.1. The Hall–Kier alpha value is -1.64. The summed E-state index contributed by atoms with van der Waals surface area (Å²) in [5.74, 6) is -0.612. The van der Waals surface area contributed by atoms with E-state index in [0.717, 1.165) is 0 Å². The van der Waals surface area contributed by atoms with Crippen molar-refractivity contribution in [1.82, 2.24) is 0 Å². The molecule has 0 amide bonds. The van der Waals surface area contributed by atoms with Crippen LogP contribution in [-0.4, -0.2) is 30.3 Å². The lowest BCUT2D eigenvalue weighted by Gasteiger charge is -2.19. The van der Waals surface area contributed by atoms with E-state index in [9.17, 15) is 9.59 Å². The van der Waals surface area contributed by atoms with E-state index in [1.807, 2.05) is 0 Å². The average molecular weight is 306 g/mol. The number of esters is 1. The Morgan fingerprint density at radius 3 is 2.05 bits per heavy atom. The fourth-order valence-corrected chi connectivity index (χ4v) is 0.879. The van der Waals surface area contributed by atoms with Gasteiger partial charge < -0.3 is 14.2 Å². The summed E-state index contributed by atoms with van der Waals surface area (Å²) in [7, 11) is 0. The molecule has 0 aromatic carbocycles. The Kier molecular flexibility index (Phi) is 7.93. The third kappa shape index (κ3) is 10.8. The normalized spacial score (nSPS) is 14.0. The molecule has 122 valence electrons. The molecule has 0 aromatic rings. The van der Waals surface area contributed by atoms with Gasteiger partial charge in [-0.15, -0.1) is 0 Å². The van der Waals surface area contributed by atoms with Crippen LogP contribution in [0.3, 0.4) is 0 Å². The van der Waals surface area contributed by atoms with Crippen LogP contribution in [0.1, 0.15) is 41.5 Å². The highest BCUT2D eigenvalue weighted by Crippen LogP contribution is 2.09. The van der Waals surface area contributed by atoms with Crippen LogP contribution in [0.5, 0.6) is 0 Å². The zero-order chi connectivity index (χ0) is 16.6. The Bertz CT molecular complexity index is 371. The van der Waals surface area contributed by atoms with Gasteiger partial charge in [0, 0.05) is 5.57 Å². The molecule has 0 N–H and O–H groups in total. The van der Waals surface area contributed by atoms with Gasteiger partial charge in [0.1, 0.15) is 0 Å². The van der Waals surface area contributed by atoms with E-state index < -0.39 is 30.3 Å². The number of ether oxygens (including phenoxy) is 3. The van der Waals surface area contributed by atoms with Crippen LogP contribution in [0.25, 0.3) is 0 Å². The SMILES string of the molecule is C=C(C)C(=O)OC(C)OC(C)OC(=O)OOOC(C)(C)C. The molecular formula is C13H22O8. The smallest absolute Gasteiger partial charge is 0.433 e. The second-order valence-electron chi connectivity index (χ2n) is 5.17. The Morgan fingerprint density at radius 1 is 1.05 bits per heavy atom. The summed E-state index contributed by atoms with van der Waals surface area (Å²) >= 11 is 0. The third-order valence-electron chi connectivity index (χ3n) is 1.65. The van der Waals surface area contributed by atoms with E-state index in [-0.39, 0.29) is 5.57 Å². The highest BCUT2D eigenvalue weighted by molar-refractivity contribution is 5.86. The van der Waals surface area contributed by atoms with Gasteiger partial charge in [-0.3, -0.25) is 0 Å². The van der Waals surface area contributed by atoms with Gasteiger partial charge in [-0.05, 0) is 46.6 Å². The average Bonchev–Trinajstić information content (AvgIpc) is 2.25. The summed E-state index contributed by atoms with van der Waals surface area (Å²) in [4.78, 5) is 31.3. The van der Waals surface area contributed by atoms with Crippen molar-refractivity contribution in [3.8, 4) is 0 Å². The van der Waals surface area contributed by atoms with E-state index in [0.29, 0.717) is 0 Å². The summed E-state index contributed by atoms with van der Waals surface area (Å²) in [5, 5.41) is 4.23. The fraction of sp³-hybridized carbons (Fsp3) is 0.692. The molecule has 0 aliphatic carbocycles. The zero-order valence-electron chi connectivity index (χ0n) is 13.1. The van der Waals surface area contributed by atoms with Crippen molar-refractivity contribution < 1.29 is 38.6 Å². The highest BCUT2D eigenvalue weighted by Gasteiger charge is 2.19. The van der Waals surface area contributed by atoms with Gasteiger partial charge in [0.15, 0.2) is 0 Å². The molecule has 2 unspecified atom stereocenters. The maximum Gasteiger partial charge on any atom is 0.544 e. The summed E-state index contributed by atoms with van der Waals surface area (Å²) in [6, 6.07) is 0. The van der Waals surface area contributed by atoms with Crippen molar-refractivity contribution >= 4 is 12.1 Å². The van der Waals surface area contributed by atoms with E-state index in [2.05, 4.69) is 21.2 Å². The Balaban J connectivity index is 3.97. The maximum absolute atomic E-state index is 11.2. The van der Waals surface area contributed by atoms with Crippen molar-refractivity contribution in [1.29, 1.82) is 0 Å². The maximum atomic E-state index is 11.2. The summed E-state index contributed by atoms with van der Waals surface area (Å²) in [6.07, 6.45) is -3.11. The minimum atomic E-state index is -1.16. The van der Waals surface area contributed by atoms with Crippen LogP contribution < -0.4 is 0 Å². The molecule has 0 bridgehead atoms. The van der Waals surface area contributed by atoms with Crippen LogP contribution in [-0.2, 0) is 33.8 Å². The van der Waals surface area contributed by atoms with Crippen LogP contribution in [0, 0.1) is 0 Å². The molecule has 8 nitrogen and oxygen atoms in total. The molecule has 0 radical (unpaired) electrons. The molecule has 0 rings (SSSR count). The lowest BCUT2D eigenvalue weighted by molar-refractivity contribution is -0.515. The van der Waals surface area contributed by atoms with Gasteiger partial charge in [0.25, 0.3) is 0 Å². The molecular weight excluding hydrogens is 284 g/mol. The molecule has 2 atom stereocenters. The van der Waals surface area contributed by atoms with E-state index >= 15 is 0 Å². The first kappa shape index (κ1) is 19.4. The summed E-state index contributed by atoms with van der Waals surface area (Å²) in [5.41, 5.74) is -0.417. The van der Waals surface area contributed by atoms with Crippen molar-refractivity contribution in [3.63, 3.8) is 0 Å². The molecule has 0 aromatic heterocycles. The predicted octanol–water partition coefficient (Wildman–Crippen LogP) is 2.63. The standard InChI is InChI=1S/C13H22O8/c1-8(2)11(14)17-9(3)16-10(4)18-12(15)19-21-20-13(5,6)7/h9-10H,1H2,2-7H3.